The molecule has 1 unspecified atom stereocenters. The summed E-state index contributed by atoms with van der Waals surface area (Å²) in [7, 11) is 0. The van der Waals surface area contributed by atoms with Gasteiger partial charge in [0.2, 0.25) is 0 Å². The third kappa shape index (κ3) is 3.35. The van der Waals surface area contributed by atoms with Gasteiger partial charge in [-0.2, -0.15) is 18.3 Å². The lowest BCUT2D eigenvalue weighted by Crippen LogP contribution is -2.44. The molecule has 1 aliphatic heterocycles. The highest BCUT2D eigenvalue weighted by molar-refractivity contribution is 7.15. The summed E-state index contributed by atoms with van der Waals surface area (Å²) >= 11 is 0.668. The van der Waals surface area contributed by atoms with E-state index in [1.54, 1.807) is 10.9 Å². The summed E-state index contributed by atoms with van der Waals surface area (Å²) < 4.78 is 45.2. The molecule has 3 heterocycles. The Bertz CT molecular complexity index is 584. The van der Waals surface area contributed by atoms with Gasteiger partial charge in [-0.05, 0) is 6.07 Å². The number of anilines is 1. The van der Waals surface area contributed by atoms with Crippen LogP contribution in [-0.2, 0) is 17.5 Å². The summed E-state index contributed by atoms with van der Waals surface area (Å²) in [6, 6.07) is 1.82. The van der Waals surface area contributed by atoms with Crippen LogP contribution in [0.3, 0.4) is 0 Å². The molecule has 3 rings (SSSR count). The van der Waals surface area contributed by atoms with E-state index in [1.165, 1.54) is 0 Å². The van der Waals surface area contributed by atoms with Crippen molar-refractivity contribution in [2.75, 3.05) is 24.6 Å². The highest BCUT2D eigenvalue weighted by Crippen LogP contribution is 2.36. The summed E-state index contributed by atoms with van der Waals surface area (Å²) in [5, 5.41) is 4.49. The molecule has 0 aliphatic carbocycles. The Morgan fingerprint density at radius 2 is 2.29 bits per heavy atom. The van der Waals surface area contributed by atoms with Crippen molar-refractivity contribution in [1.82, 2.24) is 14.8 Å². The minimum absolute atomic E-state index is 0.114. The van der Waals surface area contributed by atoms with Gasteiger partial charge in [0, 0.05) is 25.5 Å². The first-order chi connectivity index (χ1) is 10.0. The number of nitrogens with zero attached hydrogens (tertiary/aromatic N) is 4. The van der Waals surface area contributed by atoms with Crippen molar-refractivity contribution in [3.8, 4) is 0 Å². The zero-order chi connectivity index (χ0) is 14.9. The highest BCUT2D eigenvalue weighted by atomic mass is 32.1. The van der Waals surface area contributed by atoms with Crippen molar-refractivity contribution in [1.29, 1.82) is 0 Å². The summed E-state index contributed by atoms with van der Waals surface area (Å²) in [5.41, 5.74) is 0. The molecule has 0 spiro atoms. The fourth-order valence-corrected chi connectivity index (χ4v) is 2.98. The molecular formula is C12H13F3N4OS. The van der Waals surface area contributed by atoms with Gasteiger partial charge in [-0.3, -0.25) is 4.68 Å². The van der Waals surface area contributed by atoms with Gasteiger partial charge in [0.25, 0.3) is 0 Å². The molecule has 1 saturated heterocycles. The SMILES string of the molecule is FC(F)(F)c1cnc(N2CCOC(Cn3cccn3)C2)s1. The second kappa shape index (κ2) is 5.64. The Kier molecular flexibility index (Phi) is 3.85. The molecule has 5 nitrogen and oxygen atoms in total. The molecule has 1 aliphatic rings. The molecule has 9 heteroatoms. The summed E-state index contributed by atoms with van der Waals surface area (Å²) in [6.07, 6.45) is -0.0593. The quantitative estimate of drug-likeness (QED) is 0.871. The molecule has 1 fully saturated rings. The second-order valence-electron chi connectivity index (χ2n) is 4.67. The van der Waals surface area contributed by atoms with E-state index in [1.807, 2.05) is 17.2 Å². The number of ether oxygens (including phenoxy) is 1. The third-order valence-electron chi connectivity index (χ3n) is 3.13. The average Bonchev–Trinajstić information content (AvgIpc) is 3.09. The molecule has 114 valence electrons. The lowest BCUT2D eigenvalue weighted by Gasteiger charge is -2.32. The topological polar surface area (TPSA) is 43.2 Å². The van der Waals surface area contributed by atoms with Crippen LogP contribution in [0, 0.1) is 0 Å². The minimum atomic E-state index is -4.34. The monoisotopic (exact) mass is 318 g/mol. The Labute approximate surface area is 123 Å². The zero-order valence-electron chi connectivity index (χ0n) is 11.0. The molecule has 0 bridgehead atoms. The van der Waals surface area contributed by atoms with E-state index >= 15 is 0 Å². The van der Waals surface area contributed by atoms with Crippen LogP contribution in [-0.4, -0.2) is 40.6 Å². The van der Waals surface area contributed by atoms with Crippen LogP contribution in [0.15, 0.2) is 24.7 Å². The van der Waals surface area contributed by atoms with Gasteiger partial charge >= 0.3 is 6.18 Å². The van der Waals surface area contributed by atoms with E-state index in [0.29, 0.717) is 42.7 Å². The third-order valence-corrected chi connectivity index (χ3v) is 4.24. The Balaban J connectivity index is 1.67. The molecule has 2 aromatic heterocycles. The average molecular weight is 318 g/mol. The van der Waals surface area contributed by atoms with Crippen molar-refractivity contribution in [2.45, 2.75) is 18.8 Å². The number of rotatable bonds is 3. The lowest BCUT2D eigenvalue weighted by atomic mass is 10.3. The van der Waals surface area contributed by atoms with Gasteiger partial charge in [-0.25, -0.2) is 4.98 Å². The number of aromatic nitrogens is 3. The largest absolute Gasteiger partial charge is 0.427 e. The number of thiazole rings is 1. The number of hydrogen-bond donors (Lipinski definition) is 0. The summed E-state index contributed by atoms with van der Waals surface area (Å²) in [5.74, 6) is 0. The van der Waals surface area contributed by atoms with E-state index in [-0.39, 0.29) is 6.10 Å². The summed E-state index contributed by atoms with van der Waals surface area (Å²) in [6.45, 7) is 2.08. The first kappa shape index (κ1) is 14.3. The Morgan fingerprint density at radius 1 is 1.43 bits per heavy atom. The van der Waals surface area contributed by atoms with Gasteiger partial charge in [0.1, 0.15) is 4.88 Å². The molecule has 21 heavy (non-hydrogen) atoms. The van der Waals surface area contributed by atoms with Crippen LogP contribution < -0.4 is 4.90 Å². The van der Waals surface area contributed by atoms with Crippen molar-refractivity contribution in [3.63, 3.8) is 0 Å². The van der Waals surface area contributed by atoms with Crippen molar-refractivity contribution in [3.05, 3.63) is 29.5 Å². The molecule has 0 aromatic carbocycles. The maximum absolute atomic E-state index is 12.6. The molecular weight excluding hydrogens is 305 g/mol. The smallest absolute Gasteiger partial charge is 0.373 e. The van der Waals surface area contributed by atoms with Gasteiger partial charge in [0.05, 0.1) is 25.5 Å². The number of hydrogen-bond acceptors (Lipinski definition) is 5. The molecule has 0 N–H and O–H groups in total. The Hall–Kier alpha value is -1.61. The molecule has 2 aromatic rings. The van der Waals surface area contributed by atoms with Crippen molar-refractivity contribution >= 4 is 16.5 Å². The zero-order valence-corrected chi connectivity index (χ0v) is 11.8. The van der Waals surface area contributed by atoms with Gasteiger partial charge in [-0.15, -0.1) is 0 Å². The van der Waals surface area contributed by atoms with Gasteiger partial charge < -0.3 is 9.64 Å². The van der Waals surface area contributed by atoms with Crippen LogP contribution in [0.5, 0.6) is 0 Å². The van der Waals surface area contributed by atoms with Crippen LogP contribution in [0.25, 0.3) is 0 Å². The predicted molar refractivity (Wildman–Crippen MR) is 71.3 cm³/mol. The van der Waals surface area contributed by atoms with Crippen LogP contribution in [0.2, 0.25) is 0 Å². The van der Waals surface area contributed by atoms with Gasteiger partial charge in [-0.1, -0.05) is 11.3 Å². The first-order valence-corrected chi connectivity index (χ1v) is 7.21. The van der Waals surface area contributed by atoms with E-state index in [4.69, 9.17) is 4.74 Å². The maximum Gasteiger partial charge on any atom is 0.427 e. The van der Waals surface area contributed by atoms with Crippen molar-refractivity contribution < 1.29 is 17.9 Å². The molecule has 1 atom stereocenters. The van der Waals surface area contributed by atoms with Crippen LogP contribution in [0.4, 0.5) is 18.3 Å². The Morgan fingerprint density at radius 3 is 2.95 bits per heavy atom. The minimum Gasteiger partial charge on any atom is -0.373 e. The second-order valence-corrected chi connectivity index (χ2v) is 5.68. The summed E-state index contributed by atoms with van der Waals surface area (Å²) in [4.78, 5) is 5.04. The van der Waals surface area contributed by atoms with E-state index < -0.39 is 11.1 Å². The number of alkyl halides is 3. The van der Waals surface area contributed by atoms with E-state index in [9.17, 15) is 13.2 Å². The lowest BCUT2D eigenvalue weighted by molar-refractivity contribution is -0.134. The molecule has 0 saturated carbocycles. The normalized spacial score (nSPS) is 20.0. The fraction of sp³-hybridized carbons (Fsp3) is 0.500. The fourth-order valence-electron chi connectivity index (χ4n) is 2.16. The number of halogens is 3. The molecule has 0 radical (unpaired) electrons. The first-order valence-electron chi connectivity index (χ1n) is 6.39. The maximum atomic E-state index is 12.6. The standard InChI is InChI=1S/C12H13F3N4OS/c13-12(14,15)10-6-16-11(21-10)18-4-5-20-9(7-18)8-19-3-1-2-17-19/h1-3,6,9H,4-5,7-8H2. The number of morpholine rings is 1. The highest BCUT2D eigenvalue weighted by Gasteiger charge is 2.34. The van der Waals surface area contributed by atoms with Crippen molar-refractivity contribution in [2.24, 2.45) is 0 Å². The van der Waals surface area contributed by atoms with Crippen LogP contribution in [0.1, 0.15) is 4.88 Å². The van der Waals surface area contributed by atoms with Crippen LogP contribution >= 0.6 is 11.3 Å². The molecule has 0 amide bonds. The van der Waals surface area contributed by atoms with Gasteiger partial charge in [0.15, 0.2) is 5.13 Å². The van der Waals surface area contributed by atoms with E-state index in [0.717, 1.165) is 6.20 Å². The predicted octanol–water partition coefficient (Wildman–Crippen LogP) is 2.26. The van der Waals surface area contributed by atoms with E-state index in [2.05, 4.69) is 10.1 Å².